The minimum Gasteiger partial charge on any atom is -0.486 e. The van der Waals surface area contributed by atoms with E-state index in [1.54, 1.807) is 0 Å². The summed E-state index contributed by atoms with van der Waals surface area (Å²) in [6.07, 6.45) is 4.98. The van der Waals surface area contributed by atoms with Gasteiger partial charge >= 0.3 is 0 Å². The molecule has 0 bridgehead atoms. The van der Waals surface area contributed by atoms with Crippen LogP contribution in [0.3, 0.4) is 0 Å². The lowest BCUT2D eigenvalue weighted by atomic mass is 9.83. The van der Waals surface area contributed by atoms with Crippen LogP contribution in [0.2, 0.25) is 0 Å². The predicted octanol–water partition coefficient (Wildman–Crippen LogP) is 2.11. The fraction of sp³-hybridized carbons (Fsp3) is 0.526. The molecule has 25 heavy (non-hydrogen) atoms. The number of nitrogens with zero attached hydrogens (tertiary/aromatic N) is 2. The van der Waals surface area contributed by atoms with E-state index in [0.717, 1.165) is 57.0 Å². The molecular weight excluding hydrogens is 318 g/mol. The lowest BCUT2D eigenvalue weighted by Crippen LogP contribution is -2.50. The number of benzene rings is 1. The van der Waals surface area contributed by atoms with Gasteiger partial charge in [0.05, 0.1) is 18.5 Å². The summed E-state index contributed by atoms with van der Waals surface area (Å²) >= 11 is 0. The van der Waals surface area contributed by atoms with Gasteiger partial charge in [0.15, 0.2) is 11.5 Å². The number of likely N-dealkylation sites (tertiary alicyclic amines) is 1. The minimum absolute atomic E-state index is 0.0824. The average molecular weight is 341 g/mol. The standard InChI is InChI=1S/C19H23N3O3/c1-2-4-17-16(3-1)23-13-15(25-17)12-22-8-6-19(7-9-22)18-14(5-10-24-19)11-20-21-18/h1-4,11,15H,5-10,12-13H2,(H,20,21). The van der Waals surface area contributed by atoms with Crippen LogP contribution in [0.25, 0.3) is 0 Å². The van der Waals surface area contributed by atoms with Crippen LogP contribution in [-0.2, 0) is 16.8 Å². The monoisotopic (exact) mass is 341 g/mol. The fourth-order valence-electron chi connectivity index (χ4n) is 4.26. The second-order valence-corrected chi connectivity index (χ2v) is 7.16. The summed E-state index contributed by atoms with van der Waals surface area (Å²) in [5.41, 5.74) is 2.35. The third kappa shape index (κ3) is 2.69. The molecule has 132 valence electrons. The molecule has 4 heterocycles. The van der Waals surface area contributed by atoms with Crippen LogP contribution < -0.4 is 9.47 Å². The molecule has 0 aliphatic carbocycles. The molecule has 3 aliphatic heterocycles. The molecule has 1 atom stereocenters. The Morgan fingerprint density at radius 1 is 1.20 bits per heavy atom. The van der Waals surface area contributed by atoms with Crippen LogP contribution in [-0.4, -0.2) is 54.0 Å². The summed E-state index contributed by atoms with van der Waals surface area (Å²) in [5, 5.41) is 7.42. The second kappa shape index (κ2) is 6.04. The molecule has 6 nitrogen and oxygen atoms in total. The molecule has 0 amide bonds. The Morgan fingerprint density at radius 2 is 2.04 bits per heavy atom. The third-order valence-corrected chi connectivity index (χ3v) is 5.62. The van der Waals surface area contributed by atoms with Crippen LogP contribution >= 0.6 is 0 Å². The maximum absolute atomic E-state index is 6.22. The molecular formula is C19H23N3O3. The quantitative estimate of drug-likeness (QED) is 0.907. The van der Waals surface area contributed by atoms with Gasteiger partial charge in [-0.25, -0.2) is 0 Å². The highest BCUT2D eigenvalue weighted by Crippen LogP contribution is 2.40. The molecule has 1 N–H and O–H groups in total. The maximum atomic E-state index is 6.22. The van der Waals surface area contributed by atoms with Crippen LogP contribution in [0.5, 0.6) is 11.5 Å². The van der Waals surface area contributed by atoms with Gasteiger partial charge in [0.2, 0.25) is 0 Å². The Morgan fingerprint density at radius 3 is 2.92 bits per heavy atom. The maximum Gasteiger partial charge on any atom is 0.161 e. The minimum atomic E-state index is -0.170. The lowest BCUT2D eigenvalue weighted by Gasteiger charge is -2.44. The molecule has 1 spiro atoms. The van der Waals surface area contributed by atoms with Gasteiger partial charge in [0, 0.05) is 19.6 Å². The number of hydrogen-bond acceptors (Lipinski definition) is 5. The first kappa shape index (κ1) is 15.2. The Bertz CT molecular complexity index is 752. The summed E-state index contributed by atoms with van der Waals surface area (Å²) in [6.45, 7) is 4.29. The highest BCUT2D eigenvalue weighted by atomic mass is 16.6. The largest absolute Gasteiger partial charge is 0.486 e. The van der Waals surface area contributed by atoms with Gasteiger partial charge in [-0.3, -0.25) is 10.00 Å². The van der Waals surface area contributed by atoms with E-state index in [-0.39, 0.29) is 11.7 Å². The summed E-state index contributed by atoms with van der Waals surface area (Å²) in [6, 6.07) is 7.89. The number of aromatic nitrogens is 2. The molecule has 5 rings (SSSR count). The topological polar surface area (TPSA) is 59.6 Å². The van der Waals surface area contributed by atoms with E-state index in [9.17, 15) is 0 Å². The number of fused-ring (bicyclic) bond motifs is 3. The lowest BCUT2D eigenvalue weighted by molar-refractivity contribution is -0.104. The normalized spacial score (nSPS) is 24.9. The van der Waals surface area contributed by atoms with Crippen molar-refractivity contribution in [2.45, 2.75) is 31.0 Å². The molecule has 3 aliphatic rings. The summed E-state index contributed by atoms with van der Waals surface area (Å²) in [4.78, 5) is 2.46. The molecule has 1 aromatic carbocycles. The first-order valence-corrected chi connectivity index (χ1v) is 9.10. The molecule has 1 unspecified atom stereocenters. The van der Waals surface area contributed by atoms with E-state index in [2.05, 4.69) is 15.1 Å². The first-order valence-electron chi connectivity index (χ1n) is 9.10. The molecule has 0 radical (unpaired) electrons. The highest BCUT2D eigenvalue weighted by molar-refractivity contribution is 5.40. The number of para-hydroxylation sites is 2. The highest BCUT2D eigenvalue weighted by Gasteiger charge is 2.42. The van der Waals surface area contributed by atoms with Gasteiger partial charge in [-0.15, -0.1) is 0 Å². The number of aromatic amines is 1. The first-order chi connectivity index (χ1) is 12.3. The number of hydrogen-bond donors (Lipinski definition) is 1. The molecule has 1 saturated heterocycles. The Kier molecular flexibility index (Phi) is 3.68. The van der Waals surface area contributed by atoms with Crippen molar-refractivity contribution in [3.63, 3.8) is 0 Å². The van der Waals surface area contributed by atoms with Crippen molar-refractivity contribution < 1.29 is 14.2 Å². The third-order valence-electron chi connectivity index (χ3n) is 5.62. The fourth-order valence-corrected chi connectivity index (χ4v) is 4.26. The molecule has 2 aromatic rings. The van der Waals surface area contributed by atoms with Crippen molar-refractivity contribution in [3.05, 3.63) is 41.7 Å². The molecule has 1 aromatic heterocycles. The number of rotatable bonds is 2. The van der Waals surface area contributed by atoms with E-state index in [1.807, 2.05) is 30.5 Å². The van der Waals surface area contributed by atoms with Gasteiger partial charge < -0.3 is 14.2 Å². The van der Waals surface area contributed by atoms with Crippen LogP contribution in [0.4, 0.5) is 0 Å². The SMILES string of the molecule is c1ccc2c(c1)OCC(CN1CCC3(CC1)OCCc1cn[nH]c13)O2. The Labute approximate surface area is 147 Å². The van der Waals surface area contributed by atoms with Crippen LogP contribution in [0.15, 0.2) is 30.5 Å². The number of nitrogens with one attached hydrogen (secondary N) is 1. The zero-order chi connectivity index (χ0) is 16.7. The van der Waals surface area contributed by atoms with E-state index in [4.69, 9.17) is 14.2 Å². The van der Waals surface area contributed by atoms with Gasteiger partial charge in [-0.2, -0.15) is 5.10 Å². The second-order valence-electron chi connectivity index (χ2n) is 7.16. The van der Waals surface area contributed by atoms with Crippen molar-refractivity contribution in [1.29, 1.82) is 0 Å². The van der Waals surface area contributed by atoms with Gasteiger partial charge in [-0.1, -0.05) is 12.1 Å². The predicted molar refractivity (Wildman–Crippen MR) is 91.9 cm³/mol. The van der Waals surface area contributed by atoms with Gasteiger partial charge in [0.25, 0.3) is 0 Å². The summed E-state index contributed by atoms with van der Waals surface area (Å²) in [5.74, 6) is 1.70. The van der Waals surface area contributed by atoms with Gasteiger partial charge in [-0.05, 0) is 37.0 Å². The van der Waals surface area contributed by atoms with E-state index >= 15 is 0 Å². The number of piperidine rings is 1. The van der Waals surface area contributed by atoms with Crippen molar-refractivity contribution in [1.82, 2.24) is 15.1 Å². The smallest absolute Gasteiger partial charge is 0.161 e. The zero-order valence-corrected chi connectivity index (χ0v) is 14.2. The average Bonchev–Trinajstić information content (AvgIpc) is 3.14. The number of H-pyrrole nitrogens is 1. The Balaban J connectivity index is 1.22. The van der Waals surface area contributed by atoms with Crippen LogP contribution in [0.1, 0.15) is 24.1 Å². The molecule has 1 fully saturated rings. The van der Waals surface area contributed by atoms with E-state index < -0.39 is 0 Å². The number of ether oxygens (including phenoxy) is 3. The van der Waals surface area contributed by atoms with Crippen molar-refractivity contribution >= 4 is 0 Å². The molecule has 6 heteroatoms. The molecule has 0 saturated carbocycles. The Hall–Kier alpha value is -2.05. The van der Waals surface area contributed by atoms with Gasteiger partial charge in [0.1, 0.15) is 18.3 Å². The van der Waals surface area contributed by atoms with Crippen molar-refractivity contribution in [3.8, 4) is 11.5 Å². The van der Waals surface area contributed by atoms with Crippen LogP contribution in [0, 0.1) is 0 Å². The van der Waals surface area contributed by atoms with Crippen molar-refractivity contribution in [2.75, 3.05) is 32.8 Å². The summed E-state index contributed by atoms with van der Waals surface area (Å²) < 4.78 is 18.2. The van der Waals surface area contributed by atoms with Crippen molar-refractivity contribution in [2.24, 2.45) is 0 Å². The van der Waals surface area contributed by atoms with E-state index in [1.165, 1.54) is 11.3 Å². The zero-order valence-electron chi connectivity index (χ0n) is 14.2. The summed E-state index contributed by atoms with van der Waals surface area (Å²) in [7, 11) is 0. The van der Waals surface area contributed by atoms with E-state index in [0.29, 0.717) is 6.61 Å².